The van der Waals surface area contributed by atoms with Crippen LogP contribution < -0.4 is 0 Å². The first-order chi connectivity index (χ1) is 8.85. The number of ketones is 1. The van der Waals surface area contributed by atoms with Crippen LogP contribution in [-0.4, -0.2) is 30.4 Å². The summed E-state index contributed by atoms with van der Waals surface area (Å²) >= 11 is 0. The van der Waals surface area contributed by atoms with Crippen molar-refractivity contribution >= 4 is 17.7 Å². The van der Waals surface area contributed by atoms with Crippen molar-refractivity contribution in [3.8, 4) is 0 Å². The molecule has 0 rings (SSSR count). The fourth-order valence-corrected chi connectivity index (χ4v) is 1.28. The van der Waals surface area contributed by atoms with Crippen LogP contribution >= 0.6 is 0 Å². The van der Waals surface area contributed by atoms with Gasteiger partial charge in [0.15, 0.2) is 0 Å². The zero-order valence-corrected chi connectivity index (χ0v) is 11.8. The third-order valence-corrected chi connectivity index (χ3v) is 2.21. The molecule has 0 aromatic rings. The second kappa shape index (κ2) is 8.24. The van der Waals surface area contributed by atoms with E-state index in [1.807, 2.05) is 13.0 Å². The first-order valence-corrected chi connectivity index (χ1v) is 5.99. The molecular weight excluding hydrogens is 248 g/mol. The molecule has 0 aromatic heterocycles. The van der Waals surface area contributed by atoms with Gasteiger partial charge >= 0.3 is 11.9 Å². The predicted molar refractivity (Wildman–Crippen MR) is 70.4 cm³/mol. The van der Waals surface area contributed by atoms with Gasteiger partial charge in [0, 0.05) is 0 Å². The number of carbonyl (C=O) groups excluding carboxylic acids is 3. The lowest BCUT2D eigenvalue weighted by atomic mass is 10.1. The smallest absolute Gasteiger partial charge is 0.354 e. The molecule has 0 bridgehead atoms. The Hall–Kier alpha value is -1.91. The topological polar surface area (TPSA) is 69.7 Å². The van der Waals surface area contributed by atoms with Crippen molar-refractivity contribution < 1.29 is 23.9 Å². The van der Waals surface area contributed by atoms with Crippen molar-refractivity contribution in [2.75, 3.05) is 7.11 Å². The lowest BCUT2D eigenvalue weighted by molar-refractivity contribution is -0.173. The summed E-state index contributed by atoms with van der Waals surface area (Å²) in [5.74, 6) is -1.79. The zero-order valence-electron chi connectivity index (χ0n) is 11.8. The molecule has 0 aliphatic rings. The van der Waals surface area contributed by atoms with E-state index in [1.165, 1.54) is 27.0 Å². The fraction of sp³-hybridized carbons (Fsp3) is 0.500. The molecule has 0 unspecified atom stereocenters. The van der Waals surface area contributed by atoms with E-state index < -0.39 is 17.5 Å². The number of carbonyl (C=O) groups is 3. The molecule has 0 aromatic carbocycles. The van der Waals surface area contributed by atoms with E-state index in [2.05, 4.69) is 4.74 Å². The Bertz CT molecular complexity index is 395. The molecule has 0 aliphatic carbocycles. The van der Waals surface area contributed by atoms with Crippen LogP contribution in [0.5, 0.6) is 0 Å². The molecule has 0 spiro atoms. The molecule has 5 nitrogen and oxygen atoms in total. The minimum absolute atomic E-state index is 0.327. The summed E-state index contributed by atoms with van der Waals surface area (Å²) in [7, 11) is 1.20. The van der Waals surface area contributed by atoms with Crippen molar-refractivity contribution in [3.63, 3.8) is 0 Å². The highest BCUT2D eigenvalue weighted by atomic mass is 16.6. The van der Waals surface area contributed by atoms with E-state index in [0.29, 0.717) is 0 Å². The molecule has 0 radical (unpaired) electrons. The Labute approximate surface area is 113 Å². The standard InChI is InChI=1S/C14H20O5/c1-5-6-7-8-9-14(3,13(17)18-4)19-12(16)10-11(2)15/h6-9H,5,10H2,1-4H3/b7-6+,9-8+/t14-/m0/s1. The Morgan fingerprint density at radius 1 is 1.21 bits per heavy atom. The first kappa shape index (κ1) is 17.1. The maximum absolute atomic E-state index is 11.7. The van der Waals surface area contributed by atoms with Gasteiger partial charge in [-0.3, -0.25) is 9.59 Å². The summed E-state index contributed by atoms with van der Waals surface area (Å²) in [6.07, 6.45) is 7.12. The van der Waals surface area contributed by atoms with Gasteiger partial charge in [-0.05, 0) is 26.3 Å². The predicted octanol–water partition coefficient (Wildman–Crippen LogP) is 1.96. The van der Waals surface area contributed by atoms with Gasteiger partial charge in [0.1, 0.15) is 12.2 Å². The fourth-order valence-electron chi connectivity index (χ4n) is 1.28. The van der Waals surface area contributed by atoms with E-state index in [0.717, 1.165) is 6.42 Å². The van der Waals surface area contributed by atoms with Crippen LogP contribution in [0.15, 0.2) is 24.3 Å². The molecule has 0 heterocycles. The molecule has 1 atom stereocenters. The molecular formula is C14H20O5. The average molecular weight is 268 g/mol. The highest BCUT2D eigenvalue weighted by Gasteiger charge is 2.36. The normalized spacial score (nSPS) is 14.3. The Kier molecular flexibility index (Phi) is 7.41. The SMILES string of the molecule is CC/C=C/C=C/[C@](C)(OC(=O)CC(C)=O)C(=O)OC. The minimum Gasteiger partial charge on any atom is -0.466 e. The van der Waals surface area contributed by atoms with Crippen LogP contribution in [0.25, 0.3) is 0 Å². The molecule has 0 saturated heterocycles. The number of ether oxygens (including phenoxy) is 2. The van der Waals surface area contributed by atoms with Gasteiger partial charge in [-0.25, -0.2) is 4.79 Å². The Balaban J connectivity index is 4.92. The van der Waals surface area contributed by atoms with Crippen LogP contribution in [0.1, 0.15) is 33.6 Å². The Morgan fingerprint density at radius 2 is 1.84 bits per heavy atom. The second-order valence-electron chi connectivity index (χ2n) is 4.15. The number of allylic oxidation sites excluding steroid dienone is 3. The van der Waals surface area contributed by atoms with Gasteiger partial charge in [-0.15, -0.1) is 0 Å². The third-order valence-electron chi connectivity index (χ3n) is 2.21. The second-order valence-corrected chi connectivity index (χ2v) is 4.15. The first-order valence-electron chi connectivity index (χ1n) is 5.99. The number of Topliss-reactive ketones (excluding diaryl/α,β-unsaturated/α-hetero) is 1. The van der Waals surface area contributed by atoms with Gasteiger partial charge in [-0.2, -0.15) is 0 Å². The largest absolute Gasteiger partial charge is 0.466 e. The monoisotopic (exact) mass is 268 g/mol. The van der Waals surface area contributed by atoms with Gasteiger partial charge < -0.3 is 9.47 Å². The summed E-state index contributed by atoms with van der Waals surface area (Å²) < 4.78 is 9.63. The highest BCUT2D eigenvalue weighted by molar-refractivity contribution is 5.95. The van der Waals surface area contributed by atoms with Crippen molar-refractivity contribution in [1.82, 2.24) is 0 Å². The van der Waals surface area contributed by atoms with Crippen LogP contribution in [0.2, 0.25) is 0 Å². The molecule has 0 saturated carbocycles. The maximum Gasteiger partial charge on any atom is 0.354 e. The summed E-state index contributed by atoms with van der Waals surface area (Å²) in [6.45, 7) is 4.65. The lowest BCUT2D eigenvalue weighted by Gasteiger charge is -2.23. The Morgan fingerprint density at radius 3 is 2.32 bits per heavy atom. The summed E-state index contributed by atoms with van der Waals surface area (Å²) in [6, 6.07) is 0. The molecule has 0 aliphatic heterocycles. The van der Waals surface area contributed by atoms with Crippen LogP contribution in [0, 0.1) is 0 Å². The summed E-state index contributed by atoms with van der Waals surface area (Å²) in [5.41, 5.74) is -1.53. The lowest BCUT2D eigenvalue weighted by Crippen LogP contribution is -2.39. The highest BCUT2D eigenvalue weighted by Crippen LogP contribution is 2.16. The molecule has 106 valence electrons. The van der Waals surface area contributed by atoms with Crippen LogP contribution in [0.3, 0.4) is 0 Å². The average Bonchev–Trinajstić information content (AvgIpc) is 2.32. The van der Waals surface area contributed by atoms with E-state index in [9.17, 15) is 14.4 Å². The van der Waals surface area contributed by atoms with E-state index >= 15 is 0 Å². The molecule has 19 heavy (non-hydrogen) atoms. The van der Waals surface area contributed by atoms with Crippen LogP contribution in [-0.2, 0) is 23.9 Å². The van der Waals surface area contributed by atoms with Crippen molar-refractivity contribution in [1.29, 1.82) is 0 Å². The minimum atomic E-state index is -1.53. The van der Waals surface area contributed by atoms with Crippen molar-refractivity contribution in [2.45, 2.75) is 39.2 Å². The molecule has 0 amide bonds. The van der Waals surface area contributed by atoms with Gasteiger partial charge in [0.25, 0.3) is 0 Å². The summed E-state index contributed by atoms with van der Waals surface area (Å²) in [5, 5.41) is 0. The number of esters is 2. The molecule has 0 N–H and O–H groups in total. The number of methoxy groups -OCH3 is 1. The quantitative estimate of drug-likeness (QED) is 0.401. The van der Waals surface area contributed by atoms with Crippen molar-refractivity contribution in [3.05, 3.63) is 24.3 Å². The molecule has 0 fully saturated rings. The number of hydrogen-bond acceptors (Lipinski definition) is 5. The maximum atomic E-state index is 11.7. The molecule has 5 heteroatoms. The van der Waals surface area contributed by atoms with Gasteiger partial charge in [0.2, 0.25) is 5.60 Å². The number of rotatable bonds is 7. The van der Waals surface area contributed by atoms with E-state index in [-0.39, 0.29) is 12.2 Å². The van der Waals surface area contributed by atoms with E-state index in [1.54, 1.807) is 12.2 Å². The zero-order chi connectivity index (χ0) is 14.9. The van der Waals surface area contributed by atoms with E-state index in [4.69, 9.17) is 4.74 Å². The van der Waals surface area contributed by atoms with Crippen molar-refractivity contribution in [2.24, 2.45) is 0 Å². The van der Waals surface area contributed by atoms with Gasteiger partial charge in [-0.1, -0.05) is 25.2 Å². The van der Waals surface area contributed by atoms with Crippen LogP contribution in [0.4, 0.5) is 0 Å². The van der Waals surface area contributed by atoms with Gasteiger partial charge in [0.05, 0.1) is 7.11 Å². The summed E-state index contributed by atoms with van der Waals surface area (Å²) in [4.78, 5) is 34.0. The number of hydrogen-bond donors (Lipinski definition) is 0. The third kappa shape index (κ3) is 6.55.